The Labute approximate surface area is 134 Å². The molecule has 2 amide bonds. The molecule has 0 radical (unpaired) electrons. The quantitative estimate of drug-likeness (QED) is 0.816. The lowest BCUT2D eigenvalue weighted by molar-refractivity contribution is -0.922. The summed E-state index contributed by atoms with van der Waals surface area (Å²) >= 11 is 0. The van der Waals surface area contributed by atoms with Gasteiger partial charge in [0.25, 0.3) is 5.91 Å². The molecule has 0 aliphatic carbocycles. The van der Waals surface area contributed by atoms with Crippen LogP contribution in [0.3, 0.4) is 0 Å². The molecule has 1 atom stereocenters. The summed E-state index contributed by atoms with van der Waals surface area (Å²) in [6.45, 7) is 2.88. The number of hydrogen-bond acceptors (Lipinski definition) is 3. The lowest BCUT2D eigenvalue weighted by atomic mass is 10.1. The fourth-order valence-corrected chi connectivity index (χ4v) is 3.59. The first kappa shape index (κ1) is 14.4. The molecule has 0 bridgehead atoms. The Bertz CT molecular complexity index is 762. The number of carbonyl (C=O) groups excluding carboxylic acids is 2. The van der Waals surface area contributed by atoms with Crippen molar-refractivity contribution in [1.82, 2.24) is 0 Å². The molecule has 0 spiro atoms. The lowest BCUT2D eigenvalue weighted by Gasteiger charge is -2.27. The van der Waals surface area contributed by atoms with Crippen molar-refractivity contribution < 1.29 is 19.2 Å². The van der Waals surface area contributed by atoms with Gasteiger partial charge < -0.3 is 9.64 Å². The van der Waals surface area contributed by atoms with Gasteiger partial charge in [-0.2, -0.15) is 0 Å². The topological polar surface area (TPSA) is 51.1 Å². The molecule has 1 unspecified atom stereocenters. The number of hydrogen-bond donors (Lipinski definition) is 1. The highest BCUT2D eigenvalue weighted by Gasteiger charge is 2.46. The Hall–Kier alpha value is -2.24. The molecule has 118 valence electrons. The number of carbonyl (C=O) groups is 2. The summed E-state index contributed by atoms with van der Waals surface area (Å²) in [7, 11) is 0. The van der Waals surface area contributed by atoms with E-state index in [1.54, 1.807) is 0 Å². The van der Waals surface area contributed by atoms with Gasteiger partial charge in [0.15, 0.2) is 6.04 Å². The number of fused-ring (bicyclic) bond motifs is 1. The van der Waals surface area contributed by atoms with E-state index in [-0.39, 0.29) is 24.3 Å². The minimum absolute atomic E-state index is 0.0803. The minimum Gasteiger partial charge on any atom is -0.370 e. The molecule has 2 saturated heterocycles. The molecule has 23 heavy (non-hydrogen) atoms. The number of nitrogens with one attached hydrogen (secondary N) is 1. The van der Waals surface area contributed by atoms with Crippen molar-refractivity contribution in [2.24, 2.45) is 0 Å². The molecular formula is C18H19N2O3+. The Balaban J connectivity index is 1.71. The van der Waals surface area contributed by atoms with Crippen LogP contribution in [0, 0.1) is 0 Å². The summed E-state index contributed by atoms with van der Waals surface area (Å²) in [6, 6.07) is 13.3. The van der Waals surface area contributed by atoms with Gasteiger partial charge in [-0.1, -0.05) is 36.4 Å². The van der Waals surface area contributed by atoms with Gasteiger partial charge in [0.1, 0.15) is 13.1 Å². The first-order valence-electron chi connectivity index (χ1n) is 8.02. The maximum absolute atomic E-state index is 12.9. The largest absolute Gasteiger partial charge is 0.370 e. The van der Waals surface area contributed by atoms with E-state index in [2.05, 4.69) is 0 Å². The van der Waals surface area contributed by atoms with Gasteiger partial charge in [-0.25, -0.2) is 4.90 Å². The van der Waals surface area contributed by atoms with E-state index < -0.39 is 0 Å². The van der Waals surface area contributed by atoms with Crippen LogP contribution in [-0.2, 0) is 14.3 Å². The molecule has 2 aromatic rings. The summed E-state index contributed by atoms with van der Waals surface area (Å²) in [4.78, 5) is 28.0. The third-order valence-corrected chi connectivity index (χ3v) is 4.78. The van der Waals surface area contributed by atoms with Crippen molar-refractivity contribution in [3.05, 3.63) is 42.5 Å². The van der Waals surface area contributed by atoms with Crippen LogP contribution in [0.4, 0.5) is 5.69 Å². The number of nitrogens with zero attached hydrogens (tertiary/aromatic N) is 1. The van der Waals surface area contributed by atoms with E-state index in [0.29, 0.717) is 18.9 Å². The van der Waals surface area contributed by atoms with Crippen LogP contribution in [0.25, 0.3) is 10.8 Å². The summed E-state index contributed by atoms with van der Waals surface area (Å²) in [5.74, 6) is -0.182. The maximum Gasteiger partial charge on any atom is 0.292 e. The Morgan fingerprint density at radius 3 is 2.57 bits per heavy atom. The monoisotopic (exact) mass is 311 g/mol. The number of anilines is 1. The van der Waals surface area contributed by atoms with Crippen LogP contribution in [0.2, 0.25) is 0 Å². The lowest BCUT2D eigenvalue weighted by Crippen LogP contribution is -3.18. The molecular weight excluding hydrogens is 292 g/mol. The van der Waals surface area contributed by atoms with Crippen LogP contribution in [0.1, 0.15) is 6.42 Å². The average molecular weight is 311 g/mol. The van der Waals surface area contributed by atoms with E-state index in [9.17, 15) is 9.59 Å². The molecule has 2 aromatic carbocycles. The smallest absolute Gasteiger partial charge is 0.292 e. The van der Waals surface area contributed by atoms with Crippen LogP contribution < -0.4 is 9.80 Å². The molecule has 0 aromatic heterocycles. The highest BCUT2D eigenvalue weighted by Crippen LogP contribution is 2.30. The van der Waals surface area contributed by atoms with Crippen molar-refractivity contribution in [1.29, 1.82) is 0 Å². The Morgan fingerprint density at radius 2 is 1.74 bits per heavy atom. The Kier molecular flexibility index (Phi) is 3.59. The summed E-state index contributed by atoms with van der Waals surface area (Å²) in [5.41, 5.74) is 0.702. The summed E-state index contributed by atoms with van der Waals surface area (Å²) in [6.07, 6.45) is 0.289. The number of amides is 2. The predicted octanol–water partition coefficient (Wildman–Crippen LogP) is 0.387. The van der Waals surface area contributed by atoms with Gasteiger partial charge >= 0.3 is 0 Å². The van der Waals surface area contributed by atoms with Crippen molar-refractivity contribution >= 4 is 28.3 Å². The summed E-state index contributed by atoms with van der Waals surface area (Å²) in [5, 5.41) is 1.97. The Morgan fingerprint density at radius 1 is 1.00 bits per heavy atom. The van der Waals surface area contributed by atoms with E-state index in [1.807, 2.05) is 42.5 Å². The molecule has 2 heterocycles. The van der Waals surface area contributed by atoms with Gasteiger partial charge in [0.2, 0.25) is 5.91 Å². The van der Waals surface area contributed by atoms with Crippen molar-refractivity contribution in [3.8, 4) is 0 Å². The number of imide groups is 1. The molecule has 2 aliphatic heterocycles. The summed E-state index contributed by atoms with van der Waals surface area (Å²) < 4.78 is 5.36. The second-order valence-electron chi connectivity index (χ2n) is 6.09. The van der Waals surface area contributed by atoms with Gasteiger partial charge in [-0.15, -0.1) is 0 Å². The highest BCUT2D eigenvalue weighted by molar-refractivity contribution is 6.24. The van der Waals surface area contributed by atoms with Gasteiger partial charge in [0.05, 0.1) is 25.3 Å². The number of benzene rings is 2. The third kappa shape index (κ3) is 2.42. The molecule has 4 rings (SSSR count). The molecule has 2 fully saturated rings. The maximum atomic E-state index is 12.9. The highest BCUT2D eigenvalue weighted by atomic mass is 16.5. The van der Waals surface area contributed by atoms with E-state index in [0.717, 1.165) is 28.8 Å². The minimum atomic E-state index is -0.273. The molecule has 1 N–H and O–H groups in total. The average Bonchev–Trinajstić information content (AvgIpc) is 2.90. The standard InChI is InChI=1S/C18H18N2O3/c21-17-12-16(19-8-10-23-11-9-19)18(22)20(17)15-7-3-5-13-4-1-2-6-14(13)15/h1-7,16H,8-12H2/p+1. The fourth-order valence-electron chi connectivity index (χ4n) is 3.59. The van der Waals surface area contributed by atoms with Crippen LogP contribution in [0.5, 0.6) is 0 Å². The molecule has 5 nitrogen and oxygen atoms in total. The van der Waals surface area contributed by atoms with Gasteiger partial charge in [0, 0.05) is 5.39 Å². The van der Waals surface area contributed by atoms with E-state index in [1.165, 1.54) is 4.90 Å². The van der Waals surface area contributed by atoms with Crippen LogP contribution in [0.15, 0.2) is 42.5 Å². The molecule has 2 aliphatic rings. The number of ether oxygens (including phenoxy) is 1. The fraction of sp³-hybridized carbons (Fsp3) is 0.333. The van der Waals surface area contributed by atoms with Crippen molar-refractivity contribution in [2.75, 3.05) is 31.2 Å². The van der Waals surface area contributed by atoms with Gasteiger partial charge in [-0.05, 0) is 11.5 Å². The first-order valence-corrected chi connectivity index (χ1v) is 8.02. The van der Waals surface area contributed by atoms with Crippen molar-refractivity contribution in [2.45, 2.75) is 12.5 Å². The number of morpholine rings is 1. The third-order valence-electron chi connectivity index (χ3n) is 4.78. The normalized spacial score (nSPS) is 23.0. The predicted molar refractivity (Wildman–Crippen MR) is 86.4 cm³/mol. The first-order chi connectivity index (χ1) is 11.3. The number of quaternary nitrogens is 1. The van der Waals surface area contributed by atoms with E-state index >= 15 is 0 Å². The SMILES string of the molecule is O=C1CC([NH+]2CCOCC2)C(=O)N1c1cccc2ccccc12. The zero-order valence-corrected chi connectivity index (χ0v) is 12.8. The van der Waals surface area contributed by atoms with Crippen LogP contribution in [-0.4, -0.2) is 44.2 Å². The number of rotatable bonds is 2. The second kappa shape index (κ2) is 5.76. The molecule has 0 saturated carbocycles. The van der Waals surface area contributed by atoms with Gasteiger partial charge in [-0.3, -0.25) is 9.59 Å². The zero-order valence-electron chi connectivity index (χ0n) is 12.8. The zero-order chi connectivity index (χ0) is 15.8. The van der Waals surface area contributed by atoms with Crippen molar-refractivity contribution in [3.63, 3.8) is 0 Å². The van der Waals surface area contributed by atoms with E-state index in [4.69, 9.17) is 4.74 Å². The second-order valence-corrected chi connectivity index (χ2v) is 6.09. The molecule has 5 heteroatoms. The van der Waals surface area contributed by atoms with Crippen LogP contribution >= 0.6 is 0 Å².